The zero-order chi connectivity index (χ0) is 20.0. The zero-order valence-electron chi connectivity index (χ0n) is 14.8. The number of anilines is 1. The molecule has 0 aromatic heterocycles. The molecule has 3 N–H and O–H groups in total. The van der Waals surface area contributed by atoms with E-state index < -0.39 is 22.0 Å². The average molecular weight is 410 g/mol. The van der Waals surface area contributed by atoms with Crippen LogP contribution in [-0.4, -0.2) is 32.8 Å². The maximum Gasteiger partial charge on any atom is 0.261 e. The molecule has 0 saturated carbocycles. The fraction of sp³-hybridized carbons (Fsp3) is 0.222. The van der Waals surface area contributed by atoms with Gasteiger partial charge in [0.05, 0.1) is 15.6 Å². The van der Waals surface area contributed by atoms with Crippen molar-refractivity contribution in [2.24, 2.45) is 0 Å². The molecule has 27 heavy (non-hydrogen) atoms. The van der Waals surface area contributed by atoms with E-state index in [-0.39, 0.29) is 27.1 Å². The predicted molar refractivity (Wildman–Crippen MR) is 104 cm³/mol. The molecule has 2 aromatic carbocycles. The van der Waals surface area contributed by atoms with Gasteiger partial charge in [0.2, 0.25) is 5.91 Å². The molecule has 2 amide bonds. The van der Waals surface area contributed by atoms with Crippen LogP contribution in [0.15, 0.2) is 53.4 Å². The second-order valence-electron chi connectivity index (χ2n) is 5.70. The molecular formula is C18H20ClN3O4S. The Bertz CT molecular complexity index is 947. The molecule has 0 aliphatic carbocycles. The highest BCUT2D eigenvalue weighted by molar-refractivity contribution is 7.92. The highest BCUT2D eigenvalue weighted by Gasteiger charge is 2.20. The largest absolute Gasteiger partial charge is 0.355 e. The van der Waals surface area contributed by atoms with E-state index in [0.29, 0.717) is 6.54 Å². The van der Waals surface area contributed by atoms with E-state index in [0.717, 1.165) is 0 Å². The first-order valence-corrected chi connectivity index (χ1v) is 10.1. The second-order valence-corrected chi connectivity index (χ2v) is 7.79. The van der Waals surface area contributed by atoms with Crippen molar-refractivity contribution < 1.29 is 18.0 Å². The first-order valence-electron chi connectivity index (χ1n) is 8.20. The van der Waals surface area contributed by atoms with Crippen LogP contribution in [0.25, 0.3) is 0 Å². The van der Waals surface area contributed by atoms with Crippen LogP contribution in [0.1, 0.15) is 24.2 Å². The minimum Gasteiger partial charge on any atom is -0.355 e. The molecule has 0 radical (unpaired) electrons. The van der Waals surface area contributed by atoms with Crippen LogP contribution in [0, 0.1) is 0 Å². The molecule has 0 bridgehead atoms. The molecule has 0 spiro atoms. The lowest BCUT2D eigenvalue weighted by Gasteiger charge is -2.14. The third-order valence-electron chi connectivity index (χ3n) is 3.62. The van der Waals surface area contributed by atoms with Gasteiger partial charge in [-0.25, -0.2) is 8.42 Å². The van der Waals surface area contributed by atoms with Gasteiger partial charge >= 0.3 is 0 Å². The molecule has 2 rings (SSSR count). The van der Waals surface area contributed by atoms with Gasteiger partial charge in [0.15, 0.2) is 0 Å². The van der Waals surface area contributed by atoms with Gasteiger partial charge in [-0.1, -0.05) is 29.8 Å². The van der Waals surface area contributed by atoms with Gasteiger partial charge in [-0.05, 0) is 44.2 Å². The fourth-order valence-electron chi connectivity index (χ4n) is 2.23. The third-order valence-corrected chi connectivity index (χ3v) is 5.31. The number of sulfonamides is 1. The van der Waals surface area contributed by atoms with Crippen molar-refractivity contribution in [3.8, 4) is 0 Å². The Labute approximate surface area is 163 Å². The molecule has 2 aromatic rings. The number of likely N-dealkylation sites (N-methyl/N-ethyl adjacent to an activating group) is 1. The Balaban J connectivity index is 2.20. The van der Waals surface area contributed by atoms with Gasteiger partial charge in [0, 0.05) is 12.1 Å². The van der Waals surface area contributed by atoms with Crippen molar-refractivity contribution in [1.82, 2.24) is 10.6 Å². The number of para-hydroxylation sites is 1. The van der Waals surface area contributed by atoms with Gasteiger partial charge in [-0.3, -0.25) is 14.3 Å². The van der Waals surface area contributed by atoms with Gasteiger partial charge in [-0.2, -0.15) is 0 Å². The second kappa shape index (κ2) is 8.88. The summed E-state index contributed by atoms with van der Waals surface area (Å²) in [5, 5.41) is 5.38. The van der Waals surface area contributed by atoms with E-state index in [4.69, 9.17) is 11.6 Å². The highest BCUT2D eigenvalue weighted by atomic mass is 35.5. The first-order chi connectivity index (χ1) is 12.7. The molecule has 1 atom stereocenters. The minimum absolute atomic E-state index is 0.0965. The maximum absolute atomic E-state index is 12.6. The smallest absolute Gasteiger partial charge is 0.261 e. The molecule has 0 aliphatic heterocycles. The number of nitrogens with one attached hydrogen (secondary N) is 3. The van der Waals surface area contributed by atoms with E-state index in [1.165, 1.54) is 30.3 Å². The summed E-state index contributed by atoms with van der Waals surface area (Å²) >= 11 is 5.98. The lowest BCUT2D eigenvalue weighted by atomic mass is 10.2. The van der Waals surface area contributed by atoms with Crippen LogP contribution < -0.4 is 15.4 Å². The Morgan fingerprint density at radius 3 is 2.48 bits per heavy atom. The van der Waals surface area contributed by atoms with Crippen molar-refractivity contribution in [2.45, 2.75) is 24.8 Å². The molecule has 0 heterocycles. The van der Waals surface area contributed by atoms with Gasteiger partial charge in [-0.15, -0.1) is 0 Å². The van der Waals surface area contributed by atoms with Gasteiger partial charge < -0.3 is 10.6 Å². The Hall–Kier alpha value is -2.58. The van der Waals surface area contributed by atoms with Crippen molar-refractivity contribution in [2.75, 3.05) is 11.3 Å². The topological polar surface area (TPSA) is 104 Å². The molecule has 0 fully saturated rings. The maximum atomic E-state index is 12.6. The highest BCUT2D eigenvalue weighted by Crippen LogP contribution is 2.24. The molecular weight excluding hydrogens is 390 g/mol. The number of carbonyl (C=O) groups is 2. The lowest BCUT2D eigenvalue weighted by molar-refractivity contribution is -0.122. The van der Waals surface area contributed by atoms with Crippen LogP contribution in [0.2, 0.25) is 5.02 Å². The van der Waals surface area contributed by atoms with Crippen LogP contribution in [0.3, 0.4) is 0 Å². The van der Waals surface area contributed by atoms with Gasteiger partial charge in [0.1, 0.15) is 6.04 Å². The number of benzene rings is 2. The summed E-state index contributed by atoms with van der Waals surface area (Å²) < 4.78 is 27.5. The number of carbonyl (C=O) groups excluding carboxylic acids is 2. The quantitative estimate of drug-likeness (QED) is 0.653. The minimum atomic E-state index is -3.94. The third kappa shape index (κ3) is 5.45. The van der Waals surface area contributed by atoms with Crippen molar-refractivity contribution >= 4 is 39.1 Å². The Kier molecular flexibility index (Phi) is 6.81. The molecule has 0 saturated heterocycles. The van der Waals surface area contributed by atoms with Crippen LogP contribution >= 0.6 is 11.6 Å². The number of hydrogen-bond acceptors (Lipinski definition) is 4. The molecule has 7 nitrogen and oxygen atoms in total. The van der Waals surface area contributed by atoms with E-state index in [9.17, 15) is 18.0 Å². The number of halogens is 1. The van der Waals surface area contributed by atoms with Crippen LogP contribution in [-0.2, 0) is 14.8 Å². The standard InChI is InChI=1S/C18H20ClN3O4S/c1-3-20-17(23)12(2)21-18(24)13-7-6-8-14(11-13)27(25,26)22-16-10-5-4-9-15(16)19/h4-12,22H,3H2,1-2H3,(H,20,23)(H,21,24)/t12-/m0/s1. The summed E-state index contributed by atoms with van der Waals surface area (Å²) in [7, 11) is -3.94. The number of hydrogen-bond donors (Lipinski definition) is 3. The monoisotopic (exact) mass is 409 g/mol. The molecule has 0 unspecified atom stereocenters. The summed E-state index contributed by atoms with van der Waals surface area (Å²) in [4.78, 5) is 24.0. The summed E-state index contributed by atoms with van der Waals surface area (Å²) in [5.74, 6) is -0.876. The van der Waals surface area contributed by atoms with Crippen LogP contribution in [0.5, 0.6) is 0 Å². The summed E-state index contributed by atoms with van der Waals surface area (Å²) in [5.41, 5.74) is 0.354. The Morgan fingerprint density at radius 2 is 1.81 bits per heavy atom. The van der Waals surface area contributed by atoms with Crippen molar-refractivity contribution in [1.29, 1.82) is 0 Å². The van der Waals surface area contributed by atoms with Crippen molar-refractivity contribution in [3.63, 3.8) is 0 Å². The molecule has 0 aliphatic rings. The molecule has 9 heteroatoms. The van der Waals surface area contributed by atoms with E-state index in [1.54, 1.807) is 32.0 Å². The normalized spacial score (nSPS) is 12.1. The van der Waals surface area contributed by atoms with Gasteiger partial charge in [0.25, 0.3) is 15.9 Å². The first kappa shape index (κ1) is 20.7. The Morgan fingerprint density at radius 1 is 1.11 bits per heavy atom. The number of amides is 2. The SMILES string of the molecule is CCNC(=O)[C@H](C)NC(=O)c1cccc(S(=O)(=O)Nc2ccccc2Cl)c1. The fourth-order valence-corrected chi connectivity index (χ4v) is 3.59. The van der Waals surface area contributed by atoms with E-state index >= 15 is 0 Å². The number of rotatable bonds is 7. The molecule has 144 valence electrons. The summed E-state index contributed by atoms with van der Waals surface area (Å²) in [6.07, 6.45) is 0. The lowest BCUT2D eigenvalue weighted by Crippen LogP contribution is -2.44. The predicted octanol–water partition coefficient (Wildman–Crippen LogP) is 2.40. The summed E-state index contributed by atoms with van der Waals surface area (Å²) in [6, 6.07) is 11.2. The van der Waals surface area contributed by atoms with Crippen LogP contribution in [0.4, 0.5) is 5.69 Å². The summed E-state index contributed by atoms with van der Waals surface area (Å²) in [6.45, 7) is 3.76. The van der Waals surface area contributed by atoms with E-state index in [1.807, 2.05) is 0 Å². The zero-order valence-corrected chi connectivity index (χ0v) is 16.4. The van der Waals surface area contributed by atoms with Crippen molar-refractivity contribution in [3.05, 3.63) is 59.1 Å². The van der Waals surface area contributed by atoms with E-state index in [2.05, 4.69) is 15.4 Å². The average Bonchev–Trinajstić information content (AvgIpc) is 2.63.